The Morgan fingerprint density at radius 2 is 2.15 bits per heavy atom. The maximum atomic E-state index is 11.6. The lowest BCUT2D eigenvalue weighted by atomic mass is 10.1. The second kappa shape index (κ2) is 6.06. The number of hydrogen-bond acceptors (Lipinski definition) is 3. The van der Waals surface area contributed by atoms with Gasteiger partial charge in [0.2, 0.25) is 5.91 Å². The Kier molecular flexibility index (Phi) is 4.20. The molecule has 0 saturated heterocycles. The van der Waals surface area contributed by atoms with Crippen LogP contribution in [0.25, 0.3) is 17.0 Å². The summed E-state index contributed by atoms with van der Waals surface area (Å²) in [5, 5.41) is 0.931. The van der Waals surface area contributed by atoms with E-state index in [2.05, 4.69) is 4.98 Å². The molecule has 0 unspecified atom stereocenters. The van der Waals surface area contributed by atoms with Crippen LogP contribution in [0.15, 0.2) is 30.3 Å². The van der Waals surface area contributed by atoms with Gasteiger partial charge in [0.1, 0.15) is 5.69 Å². The number of ether oxygens (including phenoxy) is 1. The Morgan fingerprint density at radius 3 is 2.85 bits per heavy atom. The molecule has 5 heteroatoms. The number of primary amides is 1. The van der Waals surface area contributed by atoms with Crippen molar-refractivity contribution >= 4 is 28.9 Å². The largest absolute Gasteiger partial charge is 0.461 e. The summed E-state index contributed by atoms with van der Waals surface area (Å²) in [6.07, 6.45) is 3.73. The number of amides is 1. The van der Waals surface area contributed by atoms with Crippen LogP contribution in [-0.2, 0) is 9.53 Å². The van der Waals surface area contributed by atoms with E-state index in [0.717, 1.165) is 16.5 Å². The molecule has 104 valence electrons. The predicted molar refractivity (Wildman–Crippen MR) is 77.1 cm³/mol. The average molecular weight is 272 g/mol. The highest BCUT2D eigenvalue weighted by atomic mass is 16.5. The molecule has 0 spiro atoms. The molecule has 1 aromatic heterocycles. The quantitative estimate of drug-likeness (QED) is 0.818. The van der Waals surface area contributed by atoms with Gasteiger partial charge < -0.3 is 15.5 Å². The summed E-state index contributed by atoms with van der Waals surface area (Å²) in [7, 11) is 0. The number of aromatic nitrogens is 1. The number of rotatable bonds is 5. The van der Waals surface area contributed by atoms with Gasteiger partial charge in [-0.2, -0.15) is 0 Å². The van der Waals surface area contributed by atoms with Crippen LogP contribution in [0, 0.1) is 0 Å². The zero-order valence-corrected chi connectivity index (χ0v) is 11.2. The van der Waals surface area contributed by atoms with Crippen molar-refractivity contribution in [3.63, 3.8) is 0 Å². The summed E-state index contributed by atoms with van der Waals surface area (Å²) in [6, 6.07) is 7.46. The summed E-state index contributed by atoms with van der Waals surface area (Å²) in [6.45, 7) is 2.11. The van der Waals surface area contributed by atoms with Gasteiger partial charge in [-0.25, -0.2) is 4.79 Å². The van der Waals surface area contributed by atoms with Crippen LogP contribution in [0.1, 0.15) is 29.4 Å². The van der Waals surface area contributed by atoms with Crippen LogP contribution in [0.5, 0.6) is 0 Å². The molecule has 3 N–H and O–H groups in total. The van der Waals surface area contributed by atoms with E-state index in [9.17, 15) is 9.59 Å². The first-order chi connectivity index (χ1) is 9.60. The molecule has 0 bridgehead atoms. The normalized spacial score (nSPS) is 11.1. The predicted octanol–water partition coefficient (Wildman–Crippen LogP) is 2.23. The van der Waals surface area contributed by atoms with Crippen molar-refractivity contribution in [1.29, 1.82) is 0 Å². The lowest BCUT2D eigenvalue weighted by Crippen LogP contribution is -2.07. The standard InChI is InChI=1S/C15H16N2O3/c1-2-20-15(19)13-9-11-7-6-10(8-12(11)17-13)4-3-5-14(16)18/h3-4,6-9,17H,2,5H2,1H3,(H2,16,18). The third kappa shape index (κ3) is 3.26. The maximum absolute atomic E-state index is 11.6. The molecule has 0 fully saturated rings. The topological polar surface area (TPSA) is 85.2 Å². The van der Waals surface area contributed by atoms with Crippen molar-refractivity contribution in [2.75, 3.05) is 6.61 Å². The van der Waals surface area contributed by atoms with E-state index >= 15 is 0 Å². The van der Waals surface area contributed by atoms with Crippen LogP contribution in [0.3, 0.4) is 0 Å². The SMILES string of the molecule is CCOC(=O)c1cc2ccc(C=CCC(N)=O)cc2[nH]1. The molecule has 1 heterocycles. The zero-order valence-electron chi connectivity index (χ0n) is 11.2. The number of nitrogens with two attached hydrogens (primary N) is 1. The number of hydrogen-bond donors (Lipinski definition) is 2. The van der Waals surface area contributed by atoms with Crippen LogP contribution >= 0.6 is 0 Å². The van der Waals surface area contributed by atoms with E-state index in [1.54, 1.807) is 19.1 Å². The third-order valence-electron chi connectivity index (χ3n) is 2.77. The van der Waals surface area contributed by atoms with Crippen LogP contribution in [0.4, 0.5) is 0 Å². The first-order valence-corrected chi connectivity index (χ1v) is 6.35. The highest BCUT2D eigenvalue weighted by molar-refractivity contribution is 5.95. The molecule has 0 aliphatic heterocycles. The molecule has 0 saturated carbocycles. The number of H-pyrrole nitrogens is 1. The number of aromatic amines is 1. The van der Waals surface area contributed by atoms with Gasteiger partial charge in [-0.15, -0.1) is 0 Å². The minimum Gasteiger partial charge on any atom is -0.461 e. The smallest absolute Gasteiger partial charge is 0.354 e. The number of fused-ring (bicyclic) bond motifs is 1. The van der Waals surface area contributed by atoms with Crippen molar-refractivity contribution in [1.82, 2.24) is 4.98 Å². The first kappa shape index (κ1) is 13.9. The summed E-state index contributed by atoms with van der Waals surface area (Å²) >= 11 is 0. The number of carbonyl (C=O) groups is 2. The van der Waals surface area contributed by atoms with Crippen LogP contribution in [-0.4, -0.2) is 23.5 Å². The molecule has 2 aromatic rings. The molecule has 0 aliphatic rings. The van der Waals surface area contributed by atoms with E-state index in [1.165, 1.54) is 0 Å². The third-order valence-corrected chi connectivity index (χ3v) is 2.77. The zero-order chi connectivity index (χ0) is 14.5. The number of esters is 1. The lowest BCUT2D eigenvalue weighted by molar-refractivity contribution is -0.117. The fraction of sp³-hybridized carbons (Fsp3) is 0.200. The molecule has 5 nitrogen and oxygen atoms in total. The highest BCUT2D eigenvalue weighted by Gasteiger charge is 2.09. The van der Waals surface area contributed by atoms with E-state index < -0.39 is 0 Å². The minimum atomic E-state index is -0.369. The summed E-state index contributed by atoms with van der Waals surface area (Å²) in [4.78, 5) is 25.3. The molecular formula is C15H16N2O3. The Hall–Kier alpha value is -2.56. The van der Waals surface area contributed by atoms with Gasteiger partial charge in [0.05, 0.1) is 6.61 Å². The van der Waals surface area contributed by atoms with E-state index in [-0.39, 0.29) is 18.3 Å². The Bertz CT molecular complexity index is 671. The van der Waals surface area contributed by atoms with Crippen molar-refractivity contribution < 1.29 is 14.3 Å². The molecule has 1 aromatic carbocycles. The fourth-order valence-corrected chi connectivity index (χ4v) is 1.88. The maximum Gasteiger partial charge on any atom is 0.354 e. The molecule has 20 heavy (non-hydrogen) atoms. The fourth-order valence-electron chi connectivity index (χ4n) is 1.88. The molecular weight excluding hydrogens is 256 g/mol. The van der Waals surface area contributed by atoms with E-state index in [0.29, 0.717) is 12.3 Å². The van der Waals surface area contributed by atoms with Crippen LogP contribution < -0.4 is 5.73 Å². The second-order valence-electron chi connectivity index (χ2n) is 4.32. The Balaban J connectivity index is 2.23. The van der Waals surface area contributed by atoms with Crippen molar-refractivity contribution in [3.05, 3.63) is 41.6 Å². The molecule has 0 radical (unpaired) electrons. The van der Waals surface area contributed by atoms with Crippen molar-refractivity contribution in [2.24, 2.45) is 5.73 Å². The monoisotopic (exact) mass is 272 g/mol. The summed E-state index contributed by atoms with van der Waals surface area (Å²) in [5.74, 6) is -0.735. The van der Waals surface area contributed by atoms with Gasteiger partial charge in [0.15, 0.2) is 0 Å². The molecule has 0 atom stereocenters. The van der Waals surface area contributed by atoms with Crippen LogP contribution in [0.2, 0.25) is 0 Å². The van der Waals surface area contributed by atoms with Gasteiger partial charge in [-0.05, 0) is 24.6 Å². The number of benzene rings is 1. The van der Waals surface area contributed by atoms with Gasteiger partial charge in [-0.3, -0.25) is 4.79 Å². The Morgan fingerprint density at radius 1 is 1.35 bits per heavy atom. The molecule has 2 rings (SSSR count). The second-order valence-corrected chi connectivity index (χ2v) is 4.32. The average Bonchev–Trinajstić information content (AvgIpc) is 2.81. The lowest BCUT2D eigenvalue weighted by Gasteiger charge is -1.97. The number of nitrogens with one attached hydrogen (secondary N) is 1. The van der Waals surface area contributed by atoms with Gasteiger partial charge >= 0.3 is 5.97 Å². The first-order valence-electron chi connectivity index (χ1n) is 6.35. The Labute approximate surface area is 116 Å². The van der Waals surface area contributed by atoms with E-state index in [1.807, 2.05) is 24.3 Å². The van der Waals surface area contributed by atoms with Gasteiger partial charge in [-0.1, -0.05) is 24.3 Å². The summed E-state index contributed by atoms with van der Waals surface area (Å²) < 4.78 is 4.94. The van der Waals surface area contributed by atoms with Crippen molar-refractivity contribution in [2.45, 2.75) is 13.3 Å². The summed E-state index contributed by atoms with van der Waals surface area (Å²) in [5.41, 5.74) is 7.26. The molecule has 1 amide bonds. The van der Waals surface area contributed by atoms with Crippen molar-refractivity contribution in [3.8, 4) is 0 Å². The van der Waals surface area contributed by atoms with Gasteiger partial charge in [0, 0.05) is 17.3 Å². The highest BCUT2D eigenvalue weighted by Crippen LogP contribution is 2.18. The number of carbonyl (C=O) groups excluding carboxylic acids is 2. The minimum absolute atomic E-state index is 0.205. The van der Waals surface area contributed by atoms with E-state index in [4.69, 9.17) is 10.5 Å². The molecule has 0 aliphatic carbocycles. The van der Waals surface area contributed by atoms with Gasteiger partial charge in [0.25, 0.3) is 0 Å².